The maximum absolute atomic E-state index is 13.1. The fraction of sp³-hybridized carbons (Fsp3) is 0.333. The summed E-state index contributed by atoms with van der Waals surface area (Å²) in [6, 6.07) is 5.53. The number of hydrogen-bond donors (Lipinski definition) is 0. The van der Waals surface area contributed by atoms with Crippen molar-refractivity contribution in [1.29, 1.82) is 0 Å². The van der Waals surface area contributed by atoms with Crippen LogP contribution in [0.4, 0.5) is 10.4 Å². The predicted molar refractivity (Wildman–Crippen MR) is 93.6 cm³/mol. The maximum Gasteiger partial charge on any atom is 0.300 e. The van der Waals surface area contributed by atoms with Crippen LogP contribution >= 0.6 is 0 Å². The molecule has 0 N–H and O–H groups in total. The Kier molecular flexibility index (Phi) is 4.02. The number of fused-ring (bicyclic) bond motifs is 1. The van der Waals surface area contributed by atoms with Gasteiger partial charge in [0.05, 0.1) is 5.56 Å². The molecule has 1 saturated heterocycles. The highest BCUT2D eigenvalue weighted by atomic mass is 19.1. The van der Waals surface area contributed by atoms with E-state index in [-0.39, 0.29) is 5.91 Å². The average Bonchev–Trinajstić information content (AvgIpc) is 3.04. The van der Waals surface area contributed by atoms with Crippen molar-refractivity contribution in [2.24, 2.45) is 0 Å². The monoisotopic (exact) mass is 355 g/mol. The van der Waals surface area contributed by atoms with Crippen molar-refractivity contribution >= 4 is 23.2 Å². The van der Waals surface area contributed by atoms with Crippen LogP contribution in [0.3, 0.4) is 0 Å². The lowest BCUT2D eigenvalue weighted by Gasteiger charge is -2.34. The number of nitrogens with zero attached hydrogens (tertiary/aromatic N) is 5. The summed E-state index contributed by atoms with van der Waals surface area (Å²) in [5, 5.41) is 0. The van der Waals surface area contributed by atoms with Crippen molar-refractivity contribution in [3.8, 4) is 0 Å². The molecule has 8 heteroatoms. The molecule has 1 aliphatic rings. The number of carbonyl (C=O) groups excluding carboxylic acids is 1. The van der Waals surface area contributed by atoms with E-state index in [9.17, 15) is 9.18 Å². The van der Waals surface area contributed by atoms with Gasteiger partial charge in [-0.15, -0.1) is 0 Å². The first kappa shape index (κ1) is 16.4. The number of halogens is 1. The Bertz CT molecular complexity index is 979. The van der Waals surface area contributed by atoms with Crippen LogP contribution in [-0.4, -0.2) is 51.9 Å². The highest BCUT2D eigenvalue weighted by Gasteiger charge is 2.26. The minimum absolute atomic E-state index is 0.135. The SMILES string of the molecule is Cc1ccc2oc(N3CCN(C(=O)c4cnc(F)cc4C)CC3)nc2n1. The maximum atomic E-state index is 13.1. The van der Waals surface area contributed by atoms with Gasteiger partial charge in [-0.2, -0.15) is 9.37 Å². The lowest BCUT2D eigenvalue weighted by Crippen LogP contribution is -2.49. The number of oxazole rings is 1. The third kappa shape index (κ3) is 2.98. The quantitative estimate of drug-likeness (QED) is 0.657. The summed E-state index contributed by atoms with van der Waals surface area (Å²) in [6.45, 7) is 5.88. The van der Waals surface area contributed by atoms with E-state index in [1.54, 1.807) is 11.8 Å². The number of hydrogen-bond acceptors (Lipinski definition) is 6. The van der Waals surface area contributed by atoms with Crippen molar-refractivity contribution in [2.75, 3.05) is 31.1 Å². The Balaban J connectivity index is 1.47. The van der Waals surface area contributed by atoms with Crippen molar-refractivity contribution in [1.82, 2.24) is 19.9 Å². The smallest absolute Gasteiger partial charge is 0.300 e. The molecule has 1 amide bonds. The molecule has 0 aliphatic carbocycles. The second kappa shape index (κ2) is 6.36. The minimum atomic E-state index is -0.580. The molecule has 3 aromatic heterocycles. The van der Waals surface area contributed by atoms with Gasteiger partial charge in [-0.3, -0.25) is 4.79 Å². The zero-order valence-electron chi connectivity index (χ0n) is 14.6. The number of carbonyl (C=O) groups is 1. The van der Waals surface area contributed by atoms with Crippen LogP contribution in [0.2, 0.25) is 0 Å². The molecule has 0 spiro atoms. The van der Waals surface area contributed by atoms with Crippen LogP contribution in [0.15, 0.2) is 28.8 Å². The van der Waals surface area contributed by atoms with E-state index in [2.05, 4.69) is 15.0 Å². The Hall–Kier alpha value is -3.03. The fourth-order valence-electron chi connectivity index (χ4n) is 3.05. The Morgan fingerprint density at radius 2 is 1.92 bits per heavy atom. The minimum Gasteiger partial charge on any atom is -0.422 e. The fourth-order valence-corrected chi connectivity index (χ4v) is 3.05. The van der Waals surface area contributed by atoms with E-state index >= 15 is 0 Å². The van der Waals surface area contributed by atoms with E-state index in [0.29, 0.717) is 54.6 Å². The summed E-state index contributed by atoms with van der Waals surface area (Å²) in [6.07, 6.45) is 1.30. The number of pyridine rings is 2. The van der Waals surface area contributed by atoms with Crippen LogP contribution in [-0.2, 0) is 0 Å². The van der Waals surface area contributed by atoms with E-state index in [0.717, 1.165) is 5.69 Å². The summed E-state index contributed by atoms with van der Waals surface area (Å²) >= 11 is 0. The van der Waals surface area contributed by atoms with E-state index in [4.69, 9.17) is 4.42 Å². The van der Waals surface area contributed by atoms with Gasteiger partial charge in [-0.1, -0.05) is 0 Å². The number of aromatic nitrogens is 3. The summed E-state index contributed by atoms with van der Waals surface area (Å²) in [5.74, 6) is -0.715. The highest BCUT2D eigenvalue weighted by Crippen LogP contribution is 2.22. The van der Waals surface area contributed by atoms with Gasteiger partial charge in [-0.25, -0.2) is 9.97 Å². The lowest BCUT2D eigenvalue weighted by atomic mass is 10.1. The van der Waals surface area contributed by atoms with Gasteiger partial charge >= 0.3 is 0 Å². The van der Waals surface area contributed by atoms with Gasteiger partial charge in [-0.05, 0) is 37.6 Å². The zero-order valence-corrected chi connectivity index (χ0v) is 14.6. The first-order chi connectivity index (χ1) is 12.5. The Labute approximate surface area is 149 Å². The molecule has 134 valence electrons. The summed E-state index contributed by atoms with van der Waals surface area (Å²) in [5.41, 5.74) is 3.14. The number of aryl methyl sites for hydroxylation is 2. The normalized spacial score (nSPS) is 14.9. The predicted octanol–water partition coefficient (Wildman–Crippen LogP) is 2.34. The Morgan fingerprint density at radius 3 is 2.65 bits per heavy atom. The molecule has 1 aliphatic heterocycles. The average molecular weight is 355 g/mol. The molecular formula is C18H18FN5O2. The van der Waals surface area contributed by atoms with Crippen LogP contribution in [0.1, 0.15) is 21.6 Å². The van der Waals surface area contributed by atoms with Gasteiger partial charge in [0.2, 0.25) is 11.6 Å². The second-order valence-electron chi connectivity index (χ2n) is 6.37. The molecule has 26 heavy (non-hydrogen) atoms. The van der Waals surface area contributed by atoms with Crippen molar-refractivity contribution in [3.63, 3.8) is 0 Å². The number of amides is 1. The molecule has 0 saturated carbocycles. The molecule has 0 bridgehead atoms. The molecule has 0 atom stereocenters. The molecule has 1 fully saturated rings. The third-order valence-electron chi connectivity index (χ3n) is 4.53. The zero-order chi connectivity index (χ0) is 18.3. The van der Waals surface area contributed by atoms with E-state index < -0.39 is 5.95 Å². The van der Waals surface area contributed by atoms with Gasteiger partial charge < -0.3 is 14.2 Å². The molecular weight excluding hydrogens is 337 g/mol. The molecule has 3 aromatic rings. The van der Waals surface area contributed by atoms with Gasteiger partial charge in [0.25, 0.3) is 11.9 Å². The van der Waals surface area contributed by atoms with Crippen molar-refractivity contribution in [2.45, 2.75) is 13.8 Å². The van der Waals surface area contributed by atoms with Gasteiger partial charge in [0, 0.05) is 38.1 Å². The molecule has 0 aromatic carbocycles. The van der Waals surface area contributed by atoms with E-state index in [1.807, 2.05) is 24.0 Å². The van der Waals surface area contributed by atoms with Crippen LogP contribution in [0.25, 0.3) is 11.2 Å². The van der Waals surface area contributed by atoms with Gasteiger partial charge in [0.1, 0.15) is 0 Å². The molecule has 4 heterocycles. The molecule has 0 radical (unpaired) electrons. The van der Waals surface area contributed by atoms with Gasteiger partial charge in [0.15, 0.2) is 5.58 Å². The Morgan fingerprint density at radius 1 is 1.15 bits per heavy atom. The van der Waals surface area contributed by atoms with Crippen LogP contribution in [0, 0.1) is 19.8 Å². The largest absolute Gasteiger partial charge is 0.422 e. The standard InChI is InChI=1S/C18H18FN5O2/c1-11-9-15(19)20-10-13(11)17(25)23-5-7-24(8-6-23)18-22-16-14(26-18)4-3-12(2)21-16/h3-4,9-10H,5-8H2,1-2H3. The molecule has 4 rings (SSSR count). The summed E-state index contributed by atoms with van der Waals surface area (Å²) in [4.78, 5) is 28.8. The first-order valence-electron chi connectivity index (χ1n) is 8.42. The number of piperazine rings is 1. The number of rotatable bonds is 2. The van der Waals surface area contributed by atoms with Crippen molar-refractivity contribution in [3.05, 3.63) is 47.2 Å². The topological polar surface area (TPSA) is 75.4 Å². The van der Waals surface area contributed by atoms with Crippen LogP contribution < -0.4 is 4.90 Å². The third-order valence-corrected chi connectivity index (χ3v) is 4.53. The van der Waals surface area contributed by atoms with Crippen molar-refractivity contribution < 1.29 is 13.6 Å². The highest BCUT2D eigenvalue weighted by molar-refractivity contribution is 5.95. The number of anilines is 1. The second-order valence-corrected chi connectivity index (χ2v) is 6.37. The lowest BCUT2D eigenvalue weighted by molar-refractivity contribution is 0.0743. The molecule has 0 unspecified atom stereocenters. The molecule has 7 nitrogen and oxygen atoms in total. The van der Waals surface area contributed by atoms with E-state index in [1.165, 1.54) is 12.3 Å². The van der Waals surface area contributed by atoms with Crippen LogP contribution in [0.5, 0.6) is 0 Å². The summed E-state index contributed by atoms with van der Waals surface area (Å²) < 4.78 is 18.9. The first-order valence-corrected chi connectivity index (χ1v) is 8.42. The summed E-state index contributed by atoms with van der Waals surface area (Å²) in [7, 11) is 0.